The van der Waals surface area contributed by atoms with Crippen LogP contribution in [0.3, 0.4) is 0 Å². The molecule has 1 aromatic carbocycles. The van der Waals surface area contributed by atoms with Crippen molar-refractivity contribution in [3.05, 3.63) is 41.5 Å². The van der Waals surface area contributed by atoms with E-state index in [0.29, 0.717) is 5.92 Å². The monoisotopic (exact) mass is 273 g/mol. The molecule has 20 heavy (non-hydrogen) atoms. The Morgan fingerprint density at radius 3 is 2.75 bits per heavy atom. The van der Waals surface area contributed by atoms with Gasteiger partial charge in [0, 0.05) is 12.6 Å². The van der Waals surface area contributed by atoms with Crippen LogP contribution in [0, 0.1) is 12.8 Å². The van der Waals surface area contributed by atoms with Crippen molar-refractivity contribution in [1.29, 1.82) is 0 Å². The smallest absolute Gasteiger partial charge is 0.246 e. The van der Waals surface area contributed by atoms with Gasteiger partial charge >= 0.3 is 0 Å². The van der Waals surface area contributed by atoms with Gasteiger partial charge < -0.3 is 10.0 Å². The van der Waals surface area contributed by atoms with Crippen molar-refractivity contribution in [2.75, 3.05) is 13.2 Å². The van der Waals surface area contributed by atoms with E-state index in [1.54, 1.807) is 11.0 Å². The van der Waals surface area contributed by atoms with Crippen LogP contribution in [0.4, 0.5) is 0 Å². The van der Waals surface area contributed by atoms with E-state index in [9.17, 15) is 9.90 Å². The fourth-order valence-electron chi connectivity index (χ4n) is 2.74. The number of aryl methyl sites for hydroxylation is 1. The fraction of sp³-hybridized carbons (Fsp3) is 0.471. The molecule has 0 aromatic heterocycles. The summed E-state index contributed by atoms with van der Waals surface area (Å²) in [7, 11) is 0. The number of likely N-dealkylation sites (tertiary alicyclic amines) is 1. The largest absolute Gasteiger partial charge is 0.394 e. The van der Waals surface area contributed by atoms with Crippen LogP contribution in [-0.4, -0.2) is 35.1 Å². The zero-order chi connectivity index (χ0) is 14.5. The molecule has 1 amide bonds. The van der Waals surface area contributed by atoms with Gasteiger partial charge in [0.1, 0.15) is 0 Å². The predicted molar refractivity (Wildman–Crippen MR) is 81.2 cm³/mol. The van der Waals surface area contributed by atoms with Gasteiger partial charge in [0.15, 0.2) is 0 Å². The predicted octanol–water partition coefficient (Wildman–Crippen LogP) is 2.63. The van der Waals surface area contributed by atoms with Gasteiger partial charge in [0.2, 0.25) is 5.91 Å². The van der Waals surface area contributed by atoms with Gasteiger partial charge in [-0.05, 0) is 37.3 Å². The molecule has 2 rings (SSSR count). The molecule has 1 N–H and O–H groups in total. The molecule has 1 fully saturated rings. The van der Waals surface area contributed by atoms with Crippen molar-refractivity contribution < 1.29 is 9.90 Å². The highest BCUT2D eigenvalue weighted by molar-refractivity contribution is 5.92. The molecule has 1 aromatic rings. The Morgan fingerprint density at radius 1 is 1.40 bits per heavy atom. The molecule has 3 heteroatoms. The average molecular weight is 273 g/mol. The van der Waals surface area contributed by atoms with Gasteiger partial charge in [-0.25, -0.2) is 0 Å². The Labute approximate surface area is 120 Å². The lowest BCUT2D eigenvalue weighted by atomic mass is 9.91. The summed E-state index contributed by atoms with van der Waals surface area (Å²) in [6, 6.07) is 8.02. The van der Waals surface area contributed by atoms with Crippen LogP contribution in [0.2, 0.25) is 0 Å². The van der Waals surface area contributed by atoms with E-state index in [2.05, 4.69) is 6.92 Å². The molecular weight excluding hydrogens is 250 g/mol. The molecule has 2 unspecified atom stereocenters. The van der Waals surface area contributed by atoms with E-state index in [1.807, 2.05) is 37.3 Å². The van der Waals surface area contributed by atoms with E-state index < -0.39 is 0 Å². The molecule has 108 valence electrons. The summed E-state index contributed by atoms with van der Waals surface area (Å²) in [5.74, 6) is 0.363. The van der Waals surface area contributed by atoms with Gasteiger partial charge in [0.25, 0.3) is 0 Å². The number of hydrogen-bond acceptors (Lipinski definition) is 2. The van der Waals surface area contributed by atoms with Crippen molar-refractivity contribution in [1.82, 2.24) is 4.90 Å². The summed E-state index contributed by atoms with van der Waals surface area (Å²) in [4.78, 5) is 14.1. The molecule has 3 nitrogen and oxygen atoms in total. The highest BCUT2D eigenvalue weighted by Gasteiger charge is 2.29. The van der Waals surface area contributed by atoms with E-state index in [-0.39, 0.29) is 18.6 Å². The third kappa shape index (κ3) is 3.48. The molecule has 0 bridgehead atoms. The topological polar surface area (TPSA) is 40.5 Å². The fourth-order valence-corrected chi connectivity index (χ4v) is 2.74. The second-order valence-corrected chi connectivity index (χ2v) is 5.65. The van der Waals surface area contributed by atoms with Gasteiger partial charge in [-0.1, -0.05) is 36.8 Å². The van der Waals surface area contributed by atoms with Gasteiger partial charge in [-0.3, -0.25) is 4.79 Å². The van der Waals surface area contributed by atoms with E-state index in [4.69, 9.17) is 0 Å². The minimum Gasteiger partial charge on any atom is -0.394 e. The molecule has 2 atom stereocenters. The number of benzene rings is 1. The number of hydrogen-bond donors (Lipinski definition) is 1. The summed E-state index contributed by atoms with van der Waals surface area (Å²) in [5, 5.41) is 9.48. The van der Waals surface area contributed by atoms with Crippen LogP contribution >= 0.6 is 0 Å². The third-order valence-corrected chi connectivity index (χ3v) is 4.08. The zero-order valence-corrected chi connectivity index (χ0v) is 12.2. The Morgan fingerprint density at radius 2 is 2.10 bits per heavy atom. The molecule has 1 aliphatic heterocycles. The maximum absolute atomic E-state index is 12.3. The minimum absolute atomic E-state index is 0.00354. The van der Waals surface area contributed by atoms with Crippen molar-refractivity contribution in [3.8, 4) is 0 Å². The molecule has 1 heterocycles. The lowest BCUT2D eigenvalue weighted by molar-refractivity contribution is -0.132. The van der Waals surface area contributed by atoms with Crippen molar-refractivity contribution in [3.63, 3.8) is 0 Å². The van der Waals surface area contributed by atoms with Crippen molar-refractivity contribution >= 4 is 12.0 Å². The van der Waals surface area contributed by atoms with E-state index >= 15 is 0 Å². The summed E-state index contributed by atoms with van der Waals surface area (Å²) in [5.41, 5.74) is 2.23. The second kappa shape index (κ2) is 6.71. The first-order chi connectivity index (χ1) is 9.61. The number of aliphatic hydroxyl groups excluding tert-OH is 1. The zero-order valence-electron chi connectivity index (χ0n) is 12.2. The molecule has 1 saturated heterocycles. The van der Waals surface area contributed by atoms with Crippen LogP contribution in [0.1, 0.15) is 30.9 Å². The lowest BCUT2D eigenvalue weighted by Gasteiger charge is -2.38. The van der Waals surface area contributed by atoms with Crippen LogP contribution in [0.15, 0.2) is 30.3 Å². The highest BCUT2D eigenvalue weighted by Crippen LogP contribution is 2.23. The van der Waals surface area contributed by atoms with Gasteiger partial charge in [-0.2, -0.15) is 0 Å². The van der Waals surface area contributed by atoms with Crippen LogP contribution in [0.5, 0.6) is 0 Å². The summed E-state index contributed by atoms with van der Waals surface area (Å²) < 4.78 is 0. The summed E-state index contributed by atoms with van der Waals surface area (Å²) in [6.07, 6.45) is 5.55. The average Bonchev–Trinajstić information content (AvgIpc) is 2.46. The Bertz CT molecular complexity index is 478. The Kier molecular flexibility index (Phi) is 4.96. The van der Waals surface area contributed by atoms with Gasteiger partial charge in [-0.15, -0.1) is 0 Å². The summed E-state index contributed by atoms with van der Waals surface area (Å²) >= 11 is 0. The van der Waals surface area contributed by atoms with Crippen LogP contribution < -0.4 is 0 Å². The third-order valence-electron chi connectivity index (χ3n) is 4.08. The number of carbonyl (C=O) groups excluding carboxylic acids is 1. The maximum atomic E-state index is 12.3. The number of piperidine rings is 1. The maximum Gasteiger partial charge on any atom is 0.246 e. The van der Waals surface area contributed by atoms with E-state index in [1.165, 1.54) is 5.56 Å². The lowest BCUT2D eigenvalue weighted by Crippen LogP contribution is -2.49. The number of aliphatic hydroxyl groups is 1. The molecule has 0 aliphatic carbocycles. The van der Waals surface area contributed by atoms with Crippen molar-refractivity contribution in [2.24, 2.45) is 5.92 Å². The minimum atomic E-state index is -0.0427. The SMILES string of the molecule is Cc1ccc(/C=C/C(=O)N2CCCC(C)C2CO)cc1. The number of rotatable bonds is 3. The Balaban J connectivity index is 2.04. The number of carbonyl (C=O) groups is 1. The van der Waals surface area contributed by atoms with E-state index in [0.717, 1.165) is 24.9 Å². The molecule has 0 saturated carbocycles. The van der Waals surface area contributed by atoms with Crippen molar-refractivity contribution in [2.45, 2.75) is 32.7 Å². The first-order valence-electron chi connectivity index (χ1n) is 7.28. The quantitative estimate of drug-likeness (QED) is 0.860. The first-order valence-corrected chi connectivity index (χ1v) is 7.28. The normalized spacial score (nSPS) is 23.2. The molecule has 0 radical (unpaired) electrons. The number of nitrogens with zero attached hydrogens (tertiary/aromatic N) is 1. The molecular formula is C17H23NO2. The Hall–Kier alpha value is -1.61. The first kappa shape index (κ1) is 14.8. The number of amides is 1. The molecule has 0 spiro atoms. The highest BCUT2D eigenvalue weighted by atomic mass is 16.3. The van der Waals surface area contributed by atoms with Crippen LogP contribution in [0.25, 0.3) is 6.08 Å². The van der Waals surface area contributed by atoms with Crippen LogP contribution in [-0.2, 0) is 4.79 Å². The molecule has 1 aliphatic rings. The summed E-state index contributed by atoms with van der Waals surface area (Å²) in [6.45, 7) is 4.93. The standard InChI is InChI=1S/C17H23NO2/c1-13-5-7-15(8-6-13)9-10-17(20)18-11-3-4-14(2)16(18)12-19/h5-10,14,16,19H,3-4,11-12H2,1-2H3/b10-9+. The second-order valence-electron chi connectivity index (χ2n) is 5.65. The van der Waals surface area contributed by atoms with Gasteiger partial charge in [0.05, 0.1) is 12.6 Å².